The Bertz CT molecular complexity index is 278. The summed E-state index contributed by atoms with van der Waals surface area (Å²) < 4.78 is 0. The molecule has 2 heteroatoms. The van der Waals surface area contributed by atoms with E-state index in [1.165, 1.54) is 37.9 Å². The maximum absolute atomic E-state index is 3.52. The molecule has 0 aromatic heterocycles. The van der Waals surface area contributed by atoms with Crippen LogP contribution < -0.4 is 0 Å². The first-order valence-electron chi connectivity index (χ1n) is 5.70. The number of benzene rings is 1. The normalized spacial score (nSPS) is 19.3. The van der Waals surface area contributed by atoms with Gasteiger partial charge in [0.1, 0.15) is 0 Å². The molecule has 1 aromatic carbocycles. The van der Waals surface area contributed by atoms with E-state index in [-0.39, 0.29) is 0 Å². The van der Waals surface area contributed by atoms with Crippen LogP contribution in [0.25, 0.3) is 0 Å². The van der Waals surface area contributed by atoms with Gasteiger partial charge in [0.2, 0.25) is 0 Å². The summed E-state index contributed by atoms with van der Waals surface area (Å²) in [5.74, 6) is 0.891. The molecule has 0 saturated carbocycles. The maximum Gasteiger partial charge on any atom is 0.0542 e. The highest BCUT2D eigenvalue weighted by atomic mass is 79.9. The smallest absolute Gasteiger partial charge is 0.0542 e. The van der Waals surface area contributed by atoms with Crippen molar-refractivity contribution in [2.75, 3.05) is 18.5 Å². The van der Waals surface area contributed by atoms with E-state index in [1.54, 1.807) is 0 Å². The van der Waals surface area contributed by atoms with Gasteiger partial charge in [-0.3, -0.25) is 4.90 Å². The van der Waals surface area contributed by atoms with Crippen molar-refractivity contribution in [2.24, 2.45) is 5.92 Å². The van der Waals surface area contributed by atoms with Crippen LogP contribution in [-0.2, 0) is 6.42 Å². The molecule has 1 aromatic rings. The van der Waals surface area contributed by atoms with Gasteiger partial charge in [0.05, 0.1) is 5.45 Å². The summed E-state index contributed by atoms with van der Waals surface area (Å²) in [6.45, 7) is 2.51. The molecule has 0 bridgehead atoms. The van der Waals surface area contributed by atoms with Gasteiger partial charge in [-0.1, -0.05) is 46.3 Å². The molecule has 15 heavy (non-hydrogen) atoms. The van der Waals surface area contributed by atoms with Crippen molar-refractivity contribution >= 4 is 15.9 Å². The highest BCUT2D eigenvalue weighted by molar-refractivity contribution is 9.09. The minimum atomic E-state index is 0.891. The lowest BCUT2D eigenvalue weighted by atomic mass is 9.90. The Hall–Kier alpha value is -0.340. The minimum Gasteiger partial charge on any atom is -0.293 e. The molecule has 1 nitrogen and oxygen atoms in total. The summed E-state index contributed by atoms with van der Waals surface area (Å²) in [5.41, 5.74) is 2.53. The lowest BCUT2D eigenvalue weighted by molar-refractivity contribution is 0.213. The van der Waals surface area contributed by atoms with Gasteiger partial charge < -0.3 is 0 Å². The Morgan fingerprint density at radius 1 is 1.13 bits per heavy atom. The minimum absolute atomic E-state index is 0.891. The van der Waals surface area contributed by atoms with Gasteiger partial charge in [-0.2, -0.15) is 0 Å². The fourth-order valence-electron chi connectivity index (χ4n) is 2.26. The third-order valence-corrected chi connectivity index (χ3v) is 3.95. The molecule has 1 aliphatic rings. The molecule has 0 radical (unpaired) electrons. The summed E-state index contributed by atoms with van der Waals surface area (Å²) in [5, 5.41) is 0. The van der Waals surface area contributed by atoms with Crippen LogP contribution in [0.3, 0.4) is 0 Å². The van der Waals surface area contributed by atoms with Gasteiger partial charge in [-0.25, -0.2) is 0 Å². The number of halogens is 1. The summed E-state index contributed by atoms with van der Waals surface area (Å²) in [6.07, 6.45) is 3.96. The van der Waals surface area contributed by atoms with Crippen molar-refractivity contribution in [3.8, 4) is 0 Å². The Morgan fingerprint density at radius 2 is 1.80 bits per heavy atom. The van der Waals surface area contributed by atoms with Crippen molar-refractivity contribution in [3.63, 3.8) is 0 Å². The van der Waals surface area contributed by atoms with Gasteiger partial charge in [0.15, 0.2) is 0 Å². The molecule has 2 rings (SSSR count). The van der Waals surface area contributed by atoms with Crippen molar-refractivity contribution in [3.05, 3.63) is 35.9 Å². The number of alkyl halides is 1. The summed E-state index contributed by atoms with van der Waals surface area (Å²) in [6, 6.07) is 10.9. The quantitative estimate of drug-likeness (QED) is 0.600. The van der Waals surface area contributed by atoms with Crippen LogP contribution in [0.1, 0.15) is 18.4 Å². The molecule has 1 saturated heterocycles. The van der Waals surface area contributed by atoms with Crippen molar-refractivity contribution in [1.82, 2.24) is 4.90 Å². The highest BCUT2D eigenvalue weighted by Gasteiger charge is 2.18. The Labute approximate surface area is 101 Å². The van der Waals surface area contributed by atoms with E-state index in [1.807, 2.05) is 0 Å². The second-order valence-electron chi connectivity index (χ2n) is 4.37. The van der Waals surface area contributed by atoms with Crippen LogP contribution in [0, 0.1) is 5.92 Å². The topological polar surface area (TPSA) is 3.24 Å². The van der Waals surface area contributed by atoms with E-state index in [0.29, 0.717) is 0 Å². The molecule has 1 heterocycles. The zero-order valence-corrected chi connectivity index (χ0v) is 10.6. The standard InChI is InChI=1S/C13H18BrN/c14-11-15-8-6-13(7-9-15)10-12-4-2-1-3-5-12/h1-5,13H,6-11H2. The van der Waals surface area contributed by atoms with Crippen LogP contribution in [0.15, 0.2) is 30.3 Å². The van der Waals surface area contributed by atoms with E-state index in [2.05, 4.69) is 51.2 Å². The highest BCUT2D eigenvalue weighted by Crippen LogP contribution is 2.21. The zero-order valence-electron chi connectivity index (χ0n) is 9.03. The second-order valence-corrected chi connectivity index (χ2v) is 4.87. The van der Waals surface area contributed by atoms with Gasteiger partial charge in [0, 0.05) is 0 Å². The third-order valence-electron chi connectivity index (χ3n) is 3.24. The van der Waals surface area contributed by atoms with Gasteiger partial charge in [-0.05, 0) is 43.8 Å². The number of nitrogens with zero attached hydrogens (tertiary/aromatic N) is 1. The van der Waals surface area contributed by atoms with Crippen LogP contribution in [0.5, 0.6) is 0 Å². The summed E-state index contributed by atoms with van der Waals surface area (Å²) in [4.78, 5) is 2.47. The van der Waals surface area contributed by atoms with E-state index in [9.17, 15) is 0 Å². The number of likely N-dealkylation sites (tertiary alicyclic amines) is 1. The largest absolute Gasteiger partial charge is 0.293 e. The van der Waals surface area contributed by atoms with Crippen LogP contribution in [0.4, 0.5) is 0 Å². The van der Waals surface area contributed by atoms with E-state index in [0.717, 1.165) is 11.4 Å². The second kappa shape index (κ2) is 5.66. The Kier molecular flexibility index (Phi) is 4.21. The van der Waals surface area contributed by atoms with Gasteiger partial charge in [-0.15, -0.1) is 0 Å². The molecule has 0 atom stereocenters. The zero-order chi connectivity index (χ0) is 10.5. The molecule has 0 spiro atoms. The van der Waals surface area contributed by atoms with E-state index < -0.39 is 0 Å². The average Bonchev–Trinajstić information content (AvgIpc) is 2.31. The molecule has 0 aliphatic carbocycles. The first-order chi connectivity index (χ1) is 7.38. The molecular weight excluding hydrogens is 250 g/mol. The van der Waals surface area contributed by atoms with Crippen LogP contribution in [0.2, 0.25) is 0 Å². The van der Waals surface area contributed by atoms with Crippen LogP contribution >= 0.6 is 15.9 Å². The van der Waals surface area contributed by atoms with Crippen molar-refractivity contribution < 1.29 is 0 Å². The fourth-order valence-corrected chi connectivity index (χ4v) is 2.76. The lowest BCUT2D eigenvalue weighted by Gasteiger charge is -2.30. The Balaban J connectivity index is 1.82. The molecule has 0 N–H and O–H groups in total. The number of rotatable bonds is 3. The average molecular weight is 268 g/mol. The maximum atomic E-state index is 3.52. The van der Waals surface area contributed by atoms with Crippen LogP contribution in [-0.4, -0.2) is 23.4 Å². The molecule has 82 valence electrons. The van der Waals surface area contributed by atoms with Crippen molar-refractivity contribution in [1.29, 1.82) is 0 Å². The first-order valence-corrected chi connectivity index (χ1v) is 6.83. The number of piperidine rings is 1. The molecule has 0 unspecified atom stereocenters. The molecule has 0 amide bonds. The summed E-state index contributed by atoms with van der Waals surface area (Å²) >= 11 is 3.52. The molecule has 1 aliphatic heterocycles. The third kappa shape index (κ3) is 3.32. The molecule has 1 fully saturated rings. The van der Waals surface area contributed by atoms with E-state index >= 15 is 0 Å². The van der Waals surface area contributed by atoms with Crippen molar-refractivity contribution in [2.45, 2.75) is 19.3 Å². The van der Waals surface area contributed by atoms with Gasteiger partial charge >= 0.3 is 0 Å². The lowest BCUT2D eigenvalue weighted by Crippen LogP contribution is -2.33. The number of hydrogen-bond donors (Lipinski definition) is 0. The molecular formula is C13H18BrN. The monoisotopic (exact) mass is 267 g/mol. The summed E-state index contributed by atoms with van der Waals surface area (Å²) in [7, 11) is 0. The SMILES string of the molecule is BrCN1CCC(Cc2ccccc2)CC1. The first kappa shape index (κ1) is 11.2. The Morgan fingerprint density at radius 3 is 2.40 bits per heavy atom. The fraction of sp³-hybridized carbons (Fsp3) is 0.538. The predicted octanol–water partition coefficient (Wildman–Crippen LogP) is 3.29. The predicted molar refractivity (Wildman–Crippen MR) is 68.2 cm³/mol. The number of hydrogen-bond acceptors (Lipinski definition) is 1. The van der Waals surface area contributed by atoms with E-state index in [4.69, 9.17) is 0 Å². The van der Waals surface area contributed by atoms with Gasteiger partial charge in [0.25, 0.3) is 0 Å².